The van der Waals surface area contributed by atoms with E-state index in [1.54, 1.807) is 11.3 Å². The van der Waals surface area contributed by atoms with Gasteiger partial charge in [-0.2, -0.15) is 11.3 Å². The first kappa shape index (κ1) is 17.1. The van der Waals surface area contributed by atoms with Crippen molar-refractivity contribution in [3.8, 4) is 0 Å². The Hall–Kier alpha value is -0.910. The Labute approximate surface area is 126 Å². The number of carbonyl (C=O) groups excluding carboxylic acids is 1. The smallest absolute Gasteiger partial charge is 0.236 e. The van der Waals surface area contributed by atoms with E-state index in [-0.39, 0.29) is 18.0 Å². The van der Waals surface area contributed by atoms with E-state index < -0.39 is 0 Å². The van der Waals surface area contributed by atoms with Crippen LogP contribution in [0.4, 0.5) is 0 Å². The Balaban J connectivity index is 2.64. The Kier molecular flexibility index (Phi) is 7.80. The summed E-state index contributed by atoms with van der Waals surface area (Å²) in [5.41, 5.74) is 7.12. The molecule has 0 bridgehead atoms. The van der Waals surface area contributed by atoms with Gasteiger partial charge >= 0.3 is 0 Å². The maximum absolute atomic E-state index is 12.0. The second kappa shape index (κ2) is 9.10. The average Bonchev–Trinajstić information content (AvgIpc) is 2.97. The zero-order valence-corrected chi connectivity index (χ0v) is 13.6. The molecule has 0 fully saturated rings. The SMILES string of the molecule is CCCC(N)C(=O)NCC(c1ccsc1)N(CC)CC. The lowest BCUT2D eigenvalue weighted by Gasteiger charge is -2.29. The first-order valence-corrected chi connectivity index (χ1v) is 8.37. The van der Waals surface area contributed by atoms with Crippen LogP contribution in [0.2, 0.25) is 0 Å². The lowest BCUT2D eigenvalue weighted by Crippen LogP contribution is -2.44. The maximum Gasteiger partial charge on any atom is 0.236 e. The molecule has 0 radical (unpaired) electrons. The normalized spacial score (nSPS) is 14.2. The van der Waals surface area contributed by atoms with E-state index >= 15 is 0 Å². The molecule has 0 spiro atoms. The average molecular weight is 297 g/mol. The van der Waals surface area contributed by atoms with Crippen LogP contribution in [-0.2, 0) is 4.79 Å². The van der Waals surface area contributed by atoms with Crippen molar-refractivity contribution < 1.29 is 4.79 Å². The van der Waals surface area contributed by atoms with Gasteiger partial charge in [0.1, 0.15) is 0 Å². The third kappa shape index (κ3) is 4.89. The summed E-state index contributed by atoms with van der Waals surface area (Å²) in [6.45, 7) is 8.88. The molecule has 3 N–H and O–H groups in total. The monoisotopic (exact) mass is 297 g/mol. The van der Waals surface area contributed by atoms with Crippen LogP contribution in [0.3, 0.4) is 0 Å². The first-order valence-electron chi connectivity index (χ1n) is 7.43. The van der Waals surface area contributed by atoms with Crippen molar-refractivity contribution in [2.24, 2.45) is 5.73 Å². The first-order chi connectivity index (χ1) is 9.63. The number of nitrogens with two attached hydrogens (primary N) is 1. The summed E-state index contributed by atoms with van der Waals surface area (Å²) in [6, 6.07) is 1.97. The second-order valence-corrected chi connectivity index (χ2v) is 5.71. The highest BCUT2D eigenvalue weighted by Gasteiger charge is 2.20. The summed E-state index contributed by atoms with van der Waals surface area (Å²) < 4.78 is 0. The van der Waals surface area contributed by atoms with Crippen LogP contribution < -0.4 is 11.1 Å². The van der Waals surface area contributed by atoms with Gasteiger partial charge in [-0.1, -0.05) is 27.2 Å². The predicted octanol–water partition coefficient (Wildman–Crippen LogP) is 2.37. The van der Waals surface area contributed by atoms with Gasteiger partial charge in [0.2, 0.25) is 5.91 Å². The molecule has 1 rings (SSSR count). The van der Waals surface area contributed by atoms with Gasteiger partial charge in [0, 0.05) is 6.54 Å². The molecule has 2 atom stereocenters. The van der Waals surface area contributed by atoms with E-state index in [1.807, 2.05) is 6.92 Å². The molecule has 2 unspecified atom stereocenters. The molecule has 20 heavy (non-hydrogen) atoms. The highest BCUT2D eigenvalue weighted by atomic mass is 32.1. The van der Waals surface area contributed by atoms with Crippen LogP contribution >= 0.6 is 11.3 Å². The molecule has 0 aliphatic carbocycles. The minimum atomic E-state index is -0.389. The van der Waals surface area contributed by atoms with Gasteiger partial charge in [-0.15, -0.1) is 0 Å². The van der Waals surface area contributed by atoms with E-state index in [2.05, 4.69) is 40.9 Å². The number of hydrogen-bond donors (Lipinski definition) is 2. The summed E-state index contributed by atoms with van der Waals surface area (Å²) in [5, 5.41) is 7.24. The molecule has 114 valence electrons. The van der Waals surface area contributed by atoms with Crippen LogP contribution in [0.25, 0.3) is 0 Å². The lowest BCUT2D eigenvalue weighted by molar-refractivity contribution is -0.122. The van der Waals surface area contributed by atoms with E-state index in [0.29, 0.717) is 6.54 Å². The Morgan fingerprint density at radius 2 is 2.10 bits per heavy atom. The van der Waals surface area contributed by atoms with Gasteiger partial charge in [-0.05, 0) is 41.9 Å². The molecule has 5 heteroatoms. The molecule has 1 amide bonds. The number of nitrogens with one attached hydrogen (secondary N) is 1. The summed E-state index contributed by atoms with van der Waals surface area (Å²) >= 11 is 1.69. The molecule has 1 heterocycles. The number of amides is 1. The van der Waals surface area contributed by atoms with Crippen LogP contribution in [-0.4, -0.2) is 36.5 Å². The van der Waals surface area contributed by atoms with Gasteiger partial charge in [0.15, 0.2) is 0 Å². The molecule has 0 saturated carbocycles. The van der Waals surface area contributed by atoms with Crippen molar-refractivity contribution in [1.29, 1.82) is 0 Å². The highest BCUT2D eigenvalue weighted by Crippen LogP contribution is 2.22. The zero-order valence-electron chi connectivity index (χ0n) is 12.8. The highest BCUT2D eigenvalue weighted by molar-refractivity contribution is 7.07. The van der Waals surface area contributed by atoms with E-state index in [9.17, 15) is 4.79 Å². The second-order valence-electron chi connectivity index (χ2n) is 4.93. The van der Waals surface area contributed by atoms with Gasteiger partial charge < -0.3 is 11.1 Å². The van der Waals surface area contributed by atoms with E-state index in [1.165, 1.54) is 5.56 Å². The molecule has 1 aromatic heterocycles. The number of likely N-dealkylation sites (N-methyl/N-ethyl adjacent to an activating group) is 1. The summed E-state index contributed by atoms with van der Waals surface area (Å²) in [6.07, 6.45) is 1.67. The van der Waals surface area contributed by atoms with E-state index in [0.717, 1.165) is 25.9 Å². The fourth-order valence-corrected chi connectivity index (χ4v) is 3.06. The fraction of sp³-hybridized carbons (Fsp3) is 0.667. The fourth-order valence-electron chi connectivity index (χ4n) is 2.36. The third-order valence-corrected chi connectivity index (χ3v) is 4.29. The Bertz CT molecular complexity index is 376. The van der Waals surface area contributed by atoms with Crippen molar-refractivity contribution in [2.75, 3.05) is 19.6 Å². The van der Waals surface area contributed by atoms with E-state index in [4.69, 9.17) is 5.73 Å². The molecular weight excluding hydrogens is 270 g/mol. The number of hydrogen-bond acceptors (Lipinski definition) is 4. The number of carbonyl (C=O) groups is 1. The third-order valence-electron chi connectivity index (χ3n) is 3.59. The van der Waals surface area contributed by atoms with Crippen LogP contribution in [0.5, 0.6) is 0 Å². The minimum absolute atomic E-state index is 0.0424. The maximum atomic E-state index is 12.0. The van der Waals surface area contributed by atoms with Crippen molar-refractivity contribution in [1.82, 2.24) is 10.2 Å². The number of rotatable bonds is 9. The number of nitrogens with zero attached hydrogens (tertiary/aromatic N) is 1. The summed E-state index contributed by atoms with van der Waals surface area (Å²) in [4.78, 5) is 14.3. The largest absolute Gasteiger partial charge is 0.353 e. The van der Waals surface area contributed by atoms with Gasteiger partial charge in [-0.3, -0.25) is 9.69 Å². The van der Waals surface area contributed by atoms with Crippen molar-refractivity contribution in [3.05, 3.63) is 22.4 Å². The number of thiophene rings is 1. The Morgan fingerprint density at radius 3 is 2.60 bits per heavy atom. The lowest BCUT2D eigenvalue weighted by atomic mass is 10.1. The van der Waals surface area contributed by atoms with Gasteiger partial charge in [-0.25, -0.2) is 0 Å². The summed E-state index contributed by atoms with van der Waals surface area (Å²) in [7, 11) is 0. The minimum Gasteiger partial charge on any atom is -0.353 e. The van der Waals surface area contributed by atoms with Crippen LogP contribution in [0, 0.1) is 0 Å². The van der Waals surface area contributed by atoms with Gasteiger partial charge in [0.25, 0.3) is 0 Å². The topological polar surface area (TPSA) is 58.4 Å². The molecule has 0 aliphatic rings. The molecular formula is C15H27N3OS. The van der Waals surface area contributed by atoms with Crippen molar-refractivity contribution in [2.45, 2.75) is 45.7 Å². The predicted molar refractivity (Wildman–Crippen MR) is 85.9 cm³/mol. The van der Waals surface area contributed by atoms with Gasteiger partial charge in [0.05, 0.1) is 12.1 Å². The van der Waals surface area contributed by atoms with Crippen LogP contribution in [0.15, 0.2) is 16.8 Å². The molecule has 0 aromatic carbocycles. The standard InChI is InChI=1S/C15H27N3OS/c1-4-7-13(16)15(19)17-10-14(18(5-2)6-3)12-8-9-20-11-12/h8-9,11,13-14H,4-7,10,16H2,1-3H3,(H,17,19). The summed E-state index contributed by atoms with van der Waals surface area (Å²) in [5.74, 6) is -0.0424. The quantitative estimate of drug-likeness (QED) is 0.736. The molecule has 1 aromatic rings. The van der Waals surface area contributed by atoms with Crippen LogP contribution in [0.1, 0.15) is 45.2 Å². The molecule has 0 aliphatic heterocycles. The van der Waals surface area contributed by atoms with Crippen molar-refractivity contribution in [3.63, 3.8) is 0 Å². The molecule has 0 saturated heterocycles. The Morgan fingerprint density at radius 1 is 1.40 bits per heavy atom. The zero-order chi connectivity index (χ0) is 15.0. The van der Waals surface area contributed by atoms with Crippen molar-refractivity contribution >= 4 is 17.2 Å². The molecule has 4 nitrogen and oxygen atoms in total.